The van der Waals surface area contributed by atoms with Crippen LogP contribution in [0.4, 0.5) is 0 Å². The van der Waals surface area contributed by atoms with E-state index in [1.165, 1.54) is 5.56 Å². The average Bonchev–Trinajstić information content (AvgIpc) is 2.16. The zero-order valence-electron chi connectivity index (χ0n) is 10.4. The van der Waals surface area contributed by atoms with Gasteiger partial charge in [-0.05, 0) is 39.4 Å². The summed E-state index contributed by atoms with van der Waals surface area (Å²) in [5.41, 5.74) is 3.54. The Morgan fingerprint density at radius 2 is 1.67 bits per heavy atom. The van der Waals surface area contributed by atoms with Gasteiger partial charge < -0.3 is 5.32 Å². The van der Waals surface area contributed by atoms with E-state index < -0.39 is 0 Å². The van der Waals surface area contributed by atoms with Crippen molar-refractivity contribution < 1.29 is 0 Å². The molecule has 0 amide bonds. The molecule has 15 heavy (non-hydrogen) atoms. The van der Waals surface area contributed by atoms with Gasteiger partial charge in [-0.3, -0.25) is 0 Å². The SMILES string of the molecule is CNCCc1c(C)nc(C(C)C)nc1C. The molecule has 0 fully saturated rings. The lowest BCUT2D eigenvalue weighted by Gasteiger charge is -2.12. The van der Waals surface area contributed by atoms with E-state index in [1.807, 2.05) is 7.05 Å². The molecule has 0 unspecified atom stereocenters. The third kappa shape index (κ3) is 2.99. The molecular weight excluding hydrogens is 186 g/mol. The number of nitrogens with one attached hydrogen (secondary N) is 1. The summed E-state index contributed by atoms with van der Waals surface area (Å²) >= 11 is 0. The molecule has 1 heterocycles. The quantitative estimate of drug-likeness (QED) is 0.820. The standard InChI is InChI=1S/C12H21N3/c1-8(2)12-14-9(3)11(6-7-13-5)10(4)15-12/h8,13H,6-7H2,1-5H3. The Morgan fingerprint density at radius 1 is 1.13 bits per heavy atom. The Labute approximate surface area is 92.3 Å². The molecule has 0 aliphatic rings. The summed E-state index contributed by atoms with van der Waals surface area (Å²) in [6.45, 7) is 9.38. The first kappa shape index (κ1) is 12.1. The molecule has 1 rings (SSSR count). The summed E-state index contributed by atoms with van der Waals surface area (Å²) in [6.07, 6.45) is 1.01. The van der Waals surface area contributed by atoms with Crippen LogP contribution in [0.1, 0.15) is 42.5 Å². The van der Waals surface area contributed by atoms with E-state index in [2.05, 4.69) is 43.0 Å². The molecular formula is C12H21N3. The van der Waals surface area contributed by atoms with Gasteiger partial charge in [-0.1, -0.05) is 13.8 Å². The van der Waals surface area contributed by atoms with Gasteiger partial charge in [0.1, 0.15) is 5.82 Å². The second kappa shape index (κ2) is 5.21. The van der Waals surface area contributed by atoms with Crippen LogP contribution in [0.25, 0.3) is 0 Å². The second-order valence-corrected chi connectivity index (χ2v) is 4.24. The van der Waals surface area contributed by atoms with Crippen LogP contribution in [0.3, 0.4) is 0 Å². The molecule has 3 heteroatoms. The van der Waals surface area contributed by atoms with Crippen LogP contribution < -0.4 is 5.32 Å². The molecule has 0 saturated carbocycles. The maximum Gasteiger partial charge on any atom is 0.131 e. The zero-order valence-corrected chi connectivity index (χ0v) is 10.4. The molecule has 1 aromatic rings. The van der Waals surface area contributed by atoms with Gasteiger partial charge in [0.15, 0.2) is 0 Å². The van der Waals surface area contributed by atoms with Crippen molar-refractivity contribution in [3.05, 3.63) is 22.8 Å². The van der Waals surface area contributed by atoms with Crippen molar-refractivity contribution in [2.45, 2.75) is 40.0 Å². The minimum absolute atomic E-state index is 0.403. The highest BCUT2D eigenvalue weighted by molar-refractivity contribution is 5.25. The van der Waals surface area contributed by atoms with Gasteiger partial charge in [-0.2, -0.15) is 0 Å². The molecule has 84 valence electrons. The minimum atomic E-state index is 0.403. The van der Waals surface area contributed by atoms with Crippen LogP contribution in [-0.2, 0) is 6.42 Å². The first-order valence-electron chi connectivity index (χ1n) is 5.54. The molecule has 0 saturated heterocycles. The summed E-state index contributed by atoms with van der Waals surface area (Å²) in [5, 5.41) is 3.15. The molecule has 1 N–H and O–H groups in total. The highest BCUT2D eigenvalue weighted by atomic mass is 14.9. The highest BCUT2D eigenvalue weighted by Crippen LogP contribution is 2.15. The Bertz CT molecular complexity index is 309. The number of rotatable bonds is 4. The van der Waals surface area contributed by atoms with E-state index in [4.69, 9.17) is 0 Å². The smallest absolute Gasteiger partial charge is 0.131 e. The van der Waals surface area contributed by atoms with Crippen molar-refractivity contribution >= 4 is 0 Å². The normalized spacial score (nSPS) is 11.1. The van der Waals surface area contributed by atoms with Crippen molar-refractivity contribution in [2.24, 2.45) is 0 Å². The summed E-state index contributed by atoms with van der Waals surface area (Å²) < 4.78 is 0. The van der Waals surface area contributed by atoms with Gasteiger partial charge in [0.2, 0.25) is 0 Å². The van der Waals surface area contributed by atoms with Gasteiger partial charge >= 0.3 is 0 Å². The van der Waals surface area contributed by atoms with Crippen LogP contribution >= 0.6 is 0 Å². The largest absolute Gasteiger partial charge is 0.319 e. The van der Waals surface area contributed by atoms with Crippen molar-refractivity contribution in [1.82, 2.24) is 15.3 Å². The van der Waals surface area contributed by atoms with Crippen LogP contribution in [0.15, 0.2) is 0 Å². The van der Waals surface area contributed by atoms with E-state index in [0.717, 1.165) is 30.2 Å². The molecule has 3 nitrogen and oxygen atoms in total. The Balaban J connectivity index is 2.99. The lowest BCUT2D eigenvalue weighted by Crippen LogP contribution is -2.14. The monoisotopic (exact) mass is 207 g/mol. The van der Waals surface area contributed by atoms with Gasteiger partial charge in [-0.25, -0.2) is 9.97 Å². The highest BCUT2D eigenvalue weighted by Gasteiger charge is 2.09. The summed E-state index contributed by atoms with van der Waals surface area (Å²) in [4.78, 5) is 9.09. The fourth-order valence-corrected chi connectivity index (χ4v) is 1.64. The maximum absolute atomic E-state index is 4.55. The third-order valence-corrected chi connectivity index (χ3v) is 2.58. The molecule has 0 aliphatic heterocycles. The number of aryl methyl sites for hydroxylation is 2. The second-order valence-electron chi connectivity index (χ2n) is 4.24. The van der Waals surface area contributed by atoms with E-state index in [1.54, 1.807) is 0 Å². The molecule has 0 aromatic carbocycles. The van der Waals surface area contributed by atoms with E-state index in [9.17, 15) is 0 Å². The number of likely N-dealkylation sites (N-methyl/N-ethyl adjacent to an activating group) is 1. The molecule has 1 aromatic heterocycles. The zero-order chi connectivity index (χ0) is 11.4. The van der Waals surface area contributed by atoms with Crippen LogP contribution in [0.5, 0.6) is 0 Å². The maximum atomic E-state index is 4.55. The van der Waals surface area contributed by atoms with Crippen molar-refractivity contribution in [2.75, 3.05) is 13.6 Å². The Morgan fingerprint density at radius 3 is 2.07 bits per heavy atom. The lowest BCUT2D eigenvalue weighted by molar-refractivity contribution is 0.729. The van der Waals surface area contributed by atoms with Gasteiger partial charge in [0, 0.05) is 17.3 Å². The molecule has 0 bridgehead atoms. The third-order valence-electron chi connectivity index (χ3n) is 2.58. The van der Waals surface area contributed by atoms with Crippen molar-refractivity contribution in [3.63, 3.8) is 0 Å². The number of hydrogen-bond acceptors (Lipinski definition) is 3. The number of aromatic nitrogens is 2. The Hall–Kier alpha value is -0.960. The van der Waals surface area contributed by atoms with Gasteiger partial charge in [0.05, 0.1) is 0 Å². The van der Waals surface area contributed by atoms with E-state index in [0.29, 0.717) is 5.92 Å². The van der Waals surface area contributed by atoms with Crippen LogP contribution in [0.2, 0.25) is 0 Å². The number of nitrogens with zero attached hydrogens (tertiary/aromatic N) is 2. The molecule has 0 spiro atoms. The van der Waals surface area contributed by atoms with Gasteiger partial charge in [-0.15, -0.1) is 0 Å². The predicted octanol–water partition coefficient (Wildman–Crippen LogP) is 1.98. The van der Waals surface area contributed by atoms with Crippen LogP contribution in [-0.4, -0.2) is 23.6 Å². The molecule has 0 aliphatic carbocycles. The summed E-state index contributed by atoms with van der Waals surface area (Å²) in [6, 6.07) is 0. The number of hydrogen-bond donors (Lipinski definition) is 1. The topological polar surface area (TPSA) is 37.8 Å². The predicted molar refractivity (Wildman–Crippen MR) is 63.2 cm³/mol. The summed E-state index contributed by atoms with van der Waals surface area (Å²) in [5.74, 6) is 1.36. The minimum Gasteiger partial charge on any atom is -0.319 e. The van der Waals surface area contributed by atoms with Crippen molar-refractivity contribution in [1.29, 1.82) is 0 Å². The first-order chi connectivity index (χ1) is 7.06. The lowest BCUT2D eigenvalue weighted by atomic mass is 10.1. The first-order valence-corrected chi connectivity index (χ1v) is 5.54. The van der Waals surface area contributed by atoms with Crippen molar-refractivity contribution in [3.8, 4) is 0 Å². The van der Waals surface area contributed by atoms with Gasteiger partial charge in [0.25, 0.3) is 0 Å². The molecule has 0 atom stereocenters. The fourth-order valence-electron chi connectivity index (χ4n) is 1.64. The van der Waals surface area contributed by atoms with E-state index in [-0.39, 0.29) is 0 Å². The van der Waals surface area contributed by atoms with Crippen LogP contribution in [0, 0.1) is 13.8 Å². The van der Waals surface area contributed by atoms with E-state index >= 15 is 0 Å². The average molecular weight is 207 g/mol. The molecule has 0 radical (unpaired) electrons. The Kier molecular flexibility index (Phi) is 4.21. The summed E-state index contributed by atoms with van der Waals surface area (Å²) in [7, 11) is 1.97. The fraction of sp³-hybridized carbons (Fsp3) is 0.667.